The third-order valence-electron chi connectivity index (χ3n) is 0. The largest absolute Gasteiger partial charge is 0 e. The van der Waals surface area contributed by atoms with Crippen LogP contribution in [-0.4, -0.2) is 0 Å². The molecule has 0 aromatic carbocycles. The molecule has 0 rings (SSSR count). The summed E-state index contributed by atoms with van der Waals surface area (Å²) >= 11 is 0. The second-order valence-corrected chi connectivity index (χ2v) is 0. The van der Waals surface area contributed by atoms with Crippen LogP contribution in [0.4, 0.5) is 0 Å². The van der Waals surface area contributed by atoms with E-state index in [2.05, 4.69) is 0 Å². The third kappa shape index (κ3) is 57.0. The minimum absolute atomic E-state index is 0. The highest BCUT2D eigenvalue weighted by molar-refractivity contribution is 7.59. The van der Waals surface area contributed by atoms with Crippen molar-refractivity contribution in [2.75, 3.05) is 0 Å². The van der Waals surface area contributed by atoms with E-state index < -0.39 is 0 Å². The molecule has 0 aromatic heterocycles. The summed E-state index contributed by atoms with van der Waals surface area (Å²) in [6, 6.07) is 0. The van der Waals surface area contributed by atoms with Gasteiger partial charge in [0.2, 0.25) is 0 Å². The molecule has 0 heterocycles. The molecule has 6 heavy (non-hydrogen) atoms. The fraction of sp³-hybridized carbons (Fsp3) is 0. The Bertz CT molecular complexity index is 5.51. The van der Waals surface area contributed by atoms with Crippen molar-refractivity contribution in [2.45, 2.75) is 0 Å². The van der Waals surface area contributed by atoms with Crippen molar-refractivity contribution >= 4 is 54.0 Å². The topological polar surface area (TPSA) is 61.0 Å². The molecule has 0 fully saturated rings. The molecule has 0 saturated heterocycles. The number of rotatable bonds is 0. The summed E-state index contributed by atoms with van der Waals surface area (Å²) in [6.07, 6.45) is 0. The van der Waals surface area contributed by atoms with E-state index in [-0.39, 0.29) is 66.3 Å². The molecule has 0 bridgehead atoms. The molecule has 0 N–H and O–H groups in total. The standard InChI is InChI=1S/2N.4S. The third-order valence-corrected chi connectivity index (χ3v) is 0. The van der Waals surface area contributed by atoms with Gasteiger partial charge in [-0.15, -0.1) is 0 Å². The van der Waals surface area contributed by atoms with Crippen LogP contribution in [0.1, 0.15) is 0 Å². The van der Waals surface area contributed by atoms with Gasteiger partial charge < -0.3 is 0 Å². The lowest BCUT2D eigenvalue weighted by atomic mass is 14.0. The molecule has 34 valence electrons. The van der Waals surface area contributed by atoms with Gasteiger partial charge in [0.1, 0.15) is 0 Å². The van der Waals surface area contributed by atoms with E-state index in [1.54, 1.807) is 0 Å². The minimum Gasteiger partial charge on any atom is 0 e. The summed E-state index contributed by atoms with van der Waals surface area (Å²) in [5.74, 6) is 0. The summed E-state index contributed by atoms with van der Waals surface area (Å²) in [5.41, 5.74) is 0. The first-order valence-corrected chi connectivity index (χ1v) is 0. The second-order valence-electron chi connectivity index (χ2n) is 0. The van der Waals surface area contributed by atoms with Gasteiger partial charge in [-0.3, -0.25) is 0 Å². The molecule has 0 spiro atoms. The van der Waals surface area contributed by atoms with Crippen LogP contribution in [0.25, 0.3) is 0 Å². The molecular formula is N2S4. The van der Waals surface area contributed by atoms with E-state index in [1.807, 2.05) is 0 Å². The normalized spacial score (nSPS) is 0. The van der Waals surface area contributed by atoms with Crippen molar-refractivity contribution in [1.29, 1.82) is 0 Å². The molecule has 0 aliphatic carbocycles. The average molecular weight is 156 g/mol. The number of hydrogen-bond donors (Lipinski definition) is 0. The van der Waals surface area contributed by atoms with Crippen molar-refractivity contribution < 1.29 is 0 Å². The maximum Gasteiger partial charge on any atom is 0 e. The molecule has 0 unspecified atom stereocenters. The van der Waals surface area contributed by atoms with E-state index in [0.717, 1.165) is 0 Å². The highest BCUT2D eigenvalue weighted by Crippen LogP contribution is 0.651. The van der Waals surface area contributed by atoms with Crippen LogP contribution in [0.2, 0.25) is 0 Å². The Balaban J connectivity index is 0. The van der Waals surface area contributed by atoms with Crippen LogP contribution in [0.3, 0.4) is 0 Å². The Morgan fingerprint density at radius 2 is 0.333 bits per heavy atom. The molecule has 0 atom stereocenters. The van der Waals surface area contributed by atoms with Crippen molar-refractivity contribution in [3.63, 3.8) is 0 Å². The Hall–Kier alpha value is 1.32. The molecule has 2 nitrogen and oxygen atoms in total. The molecule has 0 aromatic rings. The Morgan fingerprint density at radius 1 is 0.333 bits per heavy atom. The lowest BCUT2D eigenvalue weighted by Gasteiger charge is -0.00100. The van der Waals surface area contributed by atoms with Gasteiger partial charge in [0.15, 0.2) is 0 Å². The van der Waals surface area contributed by atoms with Crippen LogP contribution in [0.5, 0.6) is 0 Å². The van der Waals surface area contributed by atoms with Gasteiger partial charge >= 0.3 is 0 Å². The highest BCUT2D eigenvalue weighted by atomic mass is 32.1. The van der Waals surface area contributed by atoms with Gasteiger partial charge in [0, 0.05) is 66.3 Å². The van der Waals surface area contributed by atoms with Gasteiger partial charge in [0.05, 0.1) is 0 Å². The average Bonchev–Trinajstić information content (AvgIpc) is 0. The highest BCUT2D eigenvalue weighted by Gasteiger charge is 0.00500. The maximum atomic E-state index is 0. The van der Waals surface area contributed by atoms with Gasteiger partial charge in [-0.1, -0.05) is 0 Å². The fourth-order valence-corrected chi connectivity index (χ4v) is 0. The van der Waals surface area contributed by atoms with Crippen molar-refractivity contribution in [2.24, 2.45) is 0 Å². The second kappa shape index (κ2) is 103. The first-order chi connectivity index (χ1) is 0. The van der Waals surface area contributed by atoms with Crippen molar-refractivity contribution in [3.05, 3.63) is 0 Å². The van der Waals surface area contributed by atoms with E-state index in [1.165, 1.54) is 0 Å². The van der Waals surface area contributed by atoms with Crippen LogP contribution >= 0.6 is 54.0 Å². The molecule has 6 heteroatoms. The zero-order chi connectivity index (χ0) is 0. The van der Waals surface area contributed by atoms with Gasteiger partial charge in [0.25, 0.3) is 0 Å². The zero-order valence-corrected chi connectivity index (χ0v) is 5.79. The maximum absolute atomic E-state index is 0. The molecule has 0 aliphatic rings. The lowest BCUT2D eigenvalue weighted by molar-refractivity contribution is 2.13. The van der Waals surface area contributed by atoms with Crippen LogP contribution in [0, 0.1) is 0 Å². The smallest absolute Gasteiger partial charge is 0 e. The SMILES string of the molecule is [N].[N].[S].[S].[S].[S]. The van der Waals surface area contributed by atoms with Gasteiger partial charge in [-0.25, -0.2) is 0 Å². The van der Waals surface area contributed by atoms with Crippen molar-refractivity contribution in [1.82, 2.24) is 12.3 Å². The Morgan fingerprint density at radius 3 is 0.333 bits per heavy atom. The van der Waals surface area contributed by atoms with Crippen LogP contribution in [-0.2, 0) is 0 Å². The van der Waals surface area contributed by atoms with Gasteiger partial charge in [-0.2, -0.15) is 0 Å². The summed E-state index contributed by atoms with van der Waals surface area (Å²) in [6.45, 7) is 0. The predicted molar refractivity (Wildman–Crippen MR) is 34.6 cm³/mol. The Labute approximate surface area is 66.4 Å². The fourth-order valence-electron chi connectivity index (χ4n) is 0. The quantitative estimate of drug-likeness (QED) is 0.512. The number of hydrogen-bond acceptors (Lipinski definition) is 0. The predicted octanol–water partition coefficient (Wildman–Crippen LogP) is 1.63. The van der Waals surface area contributed by atoms with Gasteiger partial charge in [-0.05, 0) is 0 Å². The summed E-state index contributed by atoms with van der Waals surface area (Å²) in [7, 11) is 0. The van der Waals surface area contributed by atoms with E-state index >= 15 is 0 Å². The summed E-state index contributed by atoms with van der Waals surface area (Å²) in [5, 5.41) is 0. The monoisotopic (exact) mass is 156 g/mol. The first kappa shape index (κ1) is 168. The molecule has 0 amide bonds. The minimum atomic E-state index is 0. The van der Waals surface area contributed by atoms with Crippen LogP contribution < -0.4 is 12.3 Å². The Kier molecular flexibility index (Phi) is 2870. The molecule has 14 radical (unpaired) electrons. The summed E-state index contributed by atoms with van der Waals surface area (Å²) in [4.78, 5) is 0. The van der Waals surface area contributed by atoms with Crippen LogP contribution in [0.15, 0.2) is 0 Å². The molecule has 0 saturated carbocycles. The zero-order valence-electron chi connectivity index (χ0n) is 2.53. The summed E-state index contributed by atoms with van der Waals surface area (Å²) < 4.78 is 0. The first-order valence-electron chi connectivity index (χ1n) is 0. The van der Waals surface area contributed by atoms with E-state index in [4.69, 9.17) is 0 Å². The molecule has 0 aliphatic heterocycles. The van der Waals surface area contributed by atoms with E-state index in [0.29, 0.717) is 0 Å². The lowest BCUT2D eigenvalue weighted by Crippen LogP contribution is -0.482. The van der Waals surface area contributed by atoms with E-state index in [9.17, 15) is 0 Å². The van der Waals surface area contributed by atoms with Crippen molar-refractivity contribution in [3.8, 4) is 0 Å². The number of nitrogens with zero attached hydrogens (tertiary/aromatic N) is 2. The molecular weight excluding hydrogens is 156 g/mol.